The van der Waals surface area contributed by atoms with Gasteiger partial charge in [-0.15, -0.1) is 0 Å². The average Bonchev–Trinajstić information content (AvgIpc) is 3.37. The van der Waals surface area contributed by atoms with E-state index in [1.807, 2.05) is 207 Å². The average molecular weight is 1120 g/mol. The number of rotatable bonds is 16. The Morgan fingerprint density at radius 2 is 0.802 bits per heavy atom. The molecule has 81 heavy (non-hydrogen) atoms. The standard InChI is InChI=1S/2C10H15NO.2C9H12FNO.2C9H13NO.C8H12N2O/c1-8(2)12-10-6-4-9(11-3)5-7-10;1-8(2)12-10-5-3-9(7-11)4-6-10;1-6(2)12-7-3-4-9(11)8(10)5-7;1-6(2)12-9-4-3-7(11)5-8(9)10;1-7(2)11-9-5-3-8(10)4-6-9;1-7(2)11-9-5-3-4-8(10)6-9;1-6(2)11-8-5-3-4-7(9)10-8/h4-8,11H,1-3H3;3-6,8H,7,11H2,1-2H3;2*3-6H,11H2,1-2H3;2*3-7H,10H2,1-2H3;3-6H,1-2H3,(H2,9,10). The Morgan fingerprint density at radius 1 is 0.395 bits per heavy atom. The van der Waals surface area contributed by atoms with Crippen LogP contribution in [-0.2, 0) is 6.54 Å². The zero-order valence-electron chi connectivity index (χ0n) is 50.2. The van der Waals surface area contributed by atoms with Gasteiger partial charge >= 0.3 is 0 Å². The first-order chi connectivity index (χ1) is 38.2. The van der Waals surface area contributed by atoms with E-state index in [9.17, 15) is 8.78 Å². The maximum absolute atomic E-state index is 13.0. The first kappa shape index (κ1) is 70.7. The largest absolute Gasteiger partial charge is 0.491 e. The minimum atomic E-state index is -0.437. The van der Waals surface area contributed by atoms with Crippen molar-refractivity contribution in [1.82, 2.24) is 4.98 Å². The molecule has 0 aliphatic heterocycles. The van der Waals surface area contributed by atoms with Crippen LogP contribution in [0, 0.1) is 11.6 Å². The lowest BCUT2D eigenvalue weighted by Gasteiger charge is -2.10. The van der Waals surface area contributed by atoms with E-state index in [-0.39, 0.29) is 54.2 Å². The molecule has 0 aliphatic carbocycles. The van der Waals surface area contributed by atoms with E-state index in [1.165, 1.54) is 24.3 Å². The van der Waals surface area contributed by atoms with E-state index in [0.29, 0.717) is 29.7 Å². The Morgan fingerprint density at radius 3 is 1.22 bits per heavy atom. The van der Waals surface area contributed by atoms with Gasteiger partial charge in [0.15, 0.2) is 11.6 Å². The maximum Gasteiger partial charge on any atom is 0.215 e. The van der Waals surface area contributed by atoms with Gasteiger partial charge in [-0.3, -0.25) is 0 Å². The summed E-state index contributed by atoms with van der Waals surface area (Å²) in [5, 5.41) is 3.05. The monoisotopic (exact) mass is 1120 g/mol. The summed E-state index contributed by atoms with van der Waals surface area (Å²) >= 11 is 0. The van der Waals surface area contributed by atoms with Crippen molar-refractivity contribution < 1.29 is 41.9 Å². The molecule has 0 saturated carbocycles. The predicted octanol–water partition coefficient (Wildman–Crippen LogP) is 14.4. The molecular weight excluding hydrogens is 1030 g/mol. The third-order valence-electron chi connectivity index (χ3n) is 9.29. The van der Waals surface area contributed by atoms with Gasteiger partial charge in [0.05, 0.1) is 48.4 Å². The van der Waals surface area contributed by atoms with E-state index >= 15 is 0 Å². The van der Waals surface area contributed by atoms with Crippen LogP contribution in [0.25, 0.3) is 0 Å². The van der Waals surface area contributed by atoms with Crippen LogP contribution in [0.2, 0.25) is 0 Å². The molecule has 7 rings (SSSR count). The highest BCUT2D eigenvalue weighted by Crippen LogP contribution is 2.22. The molecule has 15 nitrogen and oxygen atoms in total. The van der Waals surface area contributed by atoms with Crippen molar-refractivity contribution in [1.29, 1.82) is 0 Å². The fourth-order valence-corrected chi connectivity index (χ4v) is 6.09. The van der Waals surface area contributed by atoms with E-state index in [2.05, 4.69) is 10.3 Å². The van der Waals surface area contributed by atoms with Crippen molar-refractivity contribution in [3.63, 3.8) is 0 Å². The van der Waals surface area contributed by atoms with Crippen LogP contribution in [0.4, 0.5) is 43.0 Å². The van der Waals surface area contributed by atoms with Crippen LogP contribution in [0.3, 0.4) is 0 Å². The summed E-state index contributed by atoms with van der Waals surface area (Å²) in [6.07, 6.45) is 1.06. The molecule has 1 aromatic heterocycles. The zero-order chi connectivity index (χ0) is 61.0. The summed E-state index contributed by atoms with van der Waals surface area (Å²) in [5.41, 5.74) is 36.9. The highest BCUT2D eigenvalue weighted by molar-refractivity contribution is 5.47. The van der Waals surface area contributed by atoms with Gasteiger partial charge in [0.25, 0.3) is 0 Å². The van der Waals surface area contributed by atoms with E-state index in [0.717, 1.165) is 45.6 Å². The second kappa shape index (κ2) is 39.1. The van der Waals surface area contributed by atoms with Crippen molar-refractivity contribution in [3.05, 3.63) is 169 Å². The Balaban J connectivity index is 0.000000473. The highest BCUT2D eigenvalue weighted by atomic mass is 19.1. The van der Waals surface area contributed by atoms with Crippen LogP contribution in [-0.4, -0.2) is 54.8 Å². The smallest absolute Gasteiger partial charge is 0.215 e. The number of aromatic nitrogens is 1. The minimum Gasteiger partial charge on any atom is -0.491 e. The zero-order valence-corrected chi connectivity index (χ0v) is 50.2. The Kier molecular flexibility index (Phi) is 34.2. The molecule has 0 fully saturated rings. The lowest BCUT2D eigenvalue weighted by Crippen LogP contribution is -2.07. The molecule has 0 spiro atoms. The summed E-state index contributed by atoms with van der Waals surface area (Å²) in [7, 11) is 1.90. The number of hydrogen-bond donors (Lipinski definition) is 7. The molecule has 6 aromatic carbocycles. The minimum absolute atomic E-state index is 0.0249. The summed E-state index contributed by atoms with van der Waals surface area (Å²) in [4.78, 5) is 3.97. The SMILES string of the molecule is CC(C)Oc1ccc(CN)cc1.CC(C)Oc1ccc(N)c(F)c1.CC(C)Oc1ccc(N)cc1.CC(C)Oc1ccc(N)cc1F.CC(C)Oc1cccc(N)c1.CC(C)Oc1cccc(N)n1.CNc1ccc(OC(C)C)cc1. The molecule has 0 aliphatic rings. The third kappa shape index (κ3) is 35.0. The fraction of sp³-hybridized carbons (Fsp3) is 0.359. The number of pyridine rings is 1. The summed E-state index contributed by atoms with van der Waals surface area (Å²) in [6, 6.07) is 44.8. The molecular formula is C64H92F2N8O7. The number of halogens is 2. The number of nitrogen functional groups attached to an aromatic ring is 5. The maximum atomic E-state index is 13.0. The van der Waals surface area contributed by atoms with Crippen LogP contribution < -0.4 is 72.9 Å². The van der Waals surface area contributed by atoms with Gasteiger partial charge in [-0.25, -0.2) is 8.78 Å². The Bertz CT molecular complexity index is 2640. The normalized spacial score (nSPS) is 10.2. The molecule has 0 amide bonds. The van der Waals surface area contributed by atoms with Crippen LogP contribution in [0.5, 0.6) is 40.4 Å². The number of nitrogens with zero attached hydrogens (tertiary/aromatic N) is 1. The van der Waals surface area contributed by atoms with E-state index < -0.39 is 11.6 Å². The number of hydrogen-bond acceptors (Lipinski definition) is 15. The number of anilines is 6. The Hall–Kier alpha value is -8.31. The molecule has 444 valence electrons. The van der Waals surface area contributed by atoms with Gasteiger partial charge in [0.1, 0.15) is 40.4 Å². The quantitative estimate of drug-likeness (QED) is 0.0445. The molecule has 17 heteroatoms. The summed E-state index contributed by atoms with van der Waals surface area (Å²) < 4.78 is 63.3. The highest BCUT2D eigenvalue weighted by Gasteiger charge is 2.06. The first-order valence-electron chi connectivity index (χ1n) is 26.9. The van der Waals surface area contributed by atoms with Crippen molar-refractivity contribution in [2.75, 3.05) is 41.0 Å². The van der Waals surface area contributed by atoms with E-state index in [4.69, 9.17) is 67.6 Å². The van der Waals surface area contributed by atoms with Crippen molar-refractivity contribution in [2.24, 2.45) is 5.73 Å². The summed E-state index contributed by atoms with van der Waals surface area (Å²) in [6.45, 7) is 28.0. The Labute approximate surface area is 481 Å². The van der Waals surface area contributed by atoms with Gasteiger partial charge < -0.3 is 72.9 Å². The molecule has 1 heterocycles. The second-order valence-electron chi connectivity index (χ2n) is 19.7. The molecule has 0 radical (unpaired) electrons. The molecule has 7 aromatic rings. The molecule has 0 unspecified atom stereocenters. The lowest BCUT2D eigenvalue weighted by atomic mass is 10.2. The van der Waals surface area contributed by atoms with Crippen molar-refractivity contribution in [3.8, 4) is 40.4 Å². The number of nitrogens with two attached hydrogens (primary N) is 6. The molecule has 0 saturated heterocycles. The number of nitrogens with one attached hydrogen (secondary N) is 1. The fourth-order valence-electron chi connectivity index (χ4n) is 6.09. The van der Waals surface area contributed by atoms with Crippen LogP contribution >= 0.6 is 0 Å². The van der Waals surface area contributed by atoms with E-state index in [1.54, 1.807) is 24.3 Å². The van der Waals surface area contributed by atoms with Crippen molar-refractivity contribution in [2.45, 2.75) is 146 Å². The van der Waals surface area contributed by atoms with Gasteiger partial charge in [-0.1, -0.05) is 24.3 Å². The number of ether oxygens (including phenoxy) is 7. The van der Waals surface area contributed by atoms with Gasteiger partial charge in [-0.05, 0) is 206 Å². The lowest BCUT2D eigenvalue weighted by molar-refractivity contribution is 0.231. The van der Waals surface area contributed by atoms with Gasteiger partial charge in [0.2, 0.25) is 5.88 Å². The first-order valence-corrected chi connectivity index (χ1v) is 26.9. The molecule has 13 N–H and O–H groups in total. The van der Waals surface area contributed by atoms with Crippen LogP contribution in [0.15, 0.2) is 152 Å². The predicted molar refractivity (Wildman–Crippen MR) is 333 cm³/mol. The molecule has 0 bridgehead atoms. The molecule has 0 atom stereocenters. The van der Waals surface area contributed by atoms with Crippen LogP contribution in [0.1, 0.15) is 102 Å². The van der Waals surface area contributed by atoms with Gasteiger partial charge in [-0.2, -0.15) is 4.98 Å². The van der Waals surface area contributed by atoms with Gasteiger partial charge in [0, 0.05) is 60.6 Å². The second-order valence-corrected chi connectivity index (χ2v) is 19.7. The number of benzene rings is 6. The summed E-state index contributed by atoms with van der Waals surface area (Å²) in [5.74, 6) is 4.51. The topological polar surface area (TPSA) is 246 Å². The van der Waals surface area contributed by atoms with Crippen molar-refractivity contribution >= 4 is 34.3 Å². The third-order valence-corrected chi connectivity index (χ3v) is 9.29.